The van der Waals surface area contributed by atoms with Crippen LogP contribution in [0.2, 0.25) is 5.02 Å². The first-order valence-corrected chi connectivity index (χ1v) is 8.84. The Morgan fingerprint density at radius 2 is 1.89 bits per heavy atom. The number of nitrogen functional groups attached to an aromatic ring is 1. The van der Waals surface area contributed by atoms with E-state index in [0.717, 1.165) is 27.5 Å². The van der Waals surface area contributed by atoms with Crippen LogP contribution in [0.4, 0.5) is 5.69 Å². The first-order chi connectivity index (χ1) is 13.0. The maximum atomic E-state index is 12.7. The lowest BCUT2D eigenvalue weighted by Crippen LogP contribution is -2.25. The highest BCUT2D eigenvalue weighted by Gasteiger charge is 2.29. The predicted octanol–water partition coefficient (Wildman–Crippen LogP) is 4.78. The Labute approximate surface area is 162 Å². The highest BCUT2D eigenvalue weighted by Crippen LogP contribution is 2.34. The summed E-state index contributed by atoms with van der Waals surface area (Å²) >= 11 is 6.17. The van der Waals surface area contributed by atoms with Crippen molar-refractivity contribution in [3.63, 3.8) is 0 Å². The lowest BCUT2D eigenvalue weighted by molar-refractivity contribution is 0.0794. The molecule has 132 valence electrons. The number of carbonyl (C=O) groups is 1. The van der Waals surface area contributed by atoms with E-state index in [1.165, 1.54) is 0 Å². The summed E-state index contributed by atoms with van der Waals surface area (Å²) < 4.78 is 0. The van der Waals surface area contributed by atoms with Crippen LogP contribution in [-0.4, -0.2) is 17.4 Å². The second-order valence-corrected chi connectivity index (χ2v) is 7.05. The number of hydrogen-bond acceptors (Lipinski definition) is 3. The van der Waals surface area contributed by atoms with Crippen molar-refractivity contribution in [2.24, 2.45) is 0 Å². The number of nitrogens with zero attached hydrogens (tertiary/aromatic N) is 2. The molecule has 27 heavy (non-hydrogen) atoms. The molecule has 0 aromatic heterocycles. The molecule has 0 spiro atoms. The Morgan fingerprint density at radius 1 is 1.19 bits per heavy atom. The Morgan fingerprint density at radius 3 is 2.63 bits per heavy atom. The molecule has 5 heteroatoms. The molecule has 0 aliphatic carbocycles. The quantitative estimate of drug-likeness (QED) is 0.530. The summed E-state index contributed by atoms with van der Waals surface area (Å²) in [7, 11) is 0. The maximum absolute atomic E-state index is 12.7. The third kappa shape index (κ3) is 2.92. The summed E-state index contributed by atoms with van der Waals surface area (Å²) in [6.07, 6.45) is 0. The van der Waals surface area contributed by atoms with Gasteiger partial charge in [0.1, 0.15) is 0 Å². The highest BCUT2D eigenvalue weighted by molar-refractivity contribution is 6.33. The van der Waals surface area contributed by atoms with Gasteiger partial charge in [-0.2, -0.15) is 5.26 Å². The van der Waals surface area contributed by atoms with E-state index in [1.807, 2.05) is 42.5 Å². The van der Waals surface area contributed by atoms with Crippen molar-refractivity contribution in [2.75, 3.05) is 12.3 Å². The molecule has 3 aromatic carbocycles. The number of hydrogen-bond donors (Lipinski definition) is 1. The monoisotopic (exact) mass is 373 g/mol. The smallest absolute Gasteiger partial charge is 0.254 e. The predicted molar refractivity (Wildman–Crippen MR) is 108 cm³/mol. The van der Waals surface area contributed by atoms with Gasteiger partial charge in [-0.15, -0.1) is 0 Å². The first-order valence-electron chi connectivity index (χ1n) is 8.46. The second-order valence-electron chi connectivity index (χ2n) is 6.64. The molecule has 3 aromatic rings. The lowest BCUT2D eigenvalue weighted by Gasteiger charge is -2.14. The molecular weight excluding hydrogens is 358 g/mol. The number of halogens is 1. The minimum Gasteiger partial charge on any atom is -0.398 e. The van der Waals surface area contributed by atoms with Crippen LogP contribution in [0.1, 0.15) is 15.9 Å². The third-order valence-corrected chi connectivity index (χ3v) is 5.20. The lowest BCUT2D eigenvalue weighted by atomic mass is 9.96. The minimum absolute atomic E-state index is 0.0655. The summed E-state index contributed by atoms with van der Waals surface area (Å²) in [5.74, 6) is -0.0655. The molecular formula is C22H16ClN3O. The standard InChI is InChI=1S/C22H16ClN3O/c1-13(10-24)11-26-12-19-17(22(26)27)6-4-14-2-3-15(8-18(14)19)16-5-7-21(25)20(23)9-16/h2-9H,1,11-12,25H2. The van der Waals surface area contributed by atoms with Gasteiger partial charge in [0.05, 0.1) is 23.3 Å². The molecule has 1 amide bonds. The first kappa shape index (κ1) is 17.1. The van der Waals surface area contributed by atoms with Crippen LogP contribution in [0, 0.1) is 11.3 Å². The van der Waals surface area contributed by atoms with Gasteiger partial charge in [-0.3, -0.25) is 4.79 Å². The molecule has 0 unspecified atom stereocenters. The SMILES string of the molecule is C=C(C#N)CN1Cc2c(ccc3ccc(-c4ccc(N)c(Cl)c4)cc23)C1=O. The fraction of sp³-hybridized carbons (Fsp3) is 0.0909. The second kappa shape index (κ2) is 6.46. The summed E-state index contributed by atoms with van der Waals surface area (Å²) in [6, 6.07) is 17.5. The summed E-state index contributed by atoms with van der Waals surface area (Å²) in [6.45, 7) is 4.41. The van der Waals surface area contributed by atoms with Gasteiger partial charge in [0.15, 0.2) is 0 Å². The van der Waals surface area contributed by atoms with E-state index in [1.54, 1.807) is 11.0 Å². The molecule has 0 atom stereocenters. The minimum atomic E-state index is -0.0655. The molecule has 4 nitrogen and oxygen atoms in total. The van der Waals surface area contributed by atoms with Crippen LogP contribution in [-0.2, 0) is 6.54 Å². The number of carbonyl (C=O) groups excluding carboxylic acids is 1. The summed E-state index contributed by atoms with van der Waals surface area (Å²) in [5.41, 5.74) is 10.4. The van der Waals surface area contributed by atoms with Gasteiger partial charge in [-0.05, 0) is 51.7 Å². The highest BCUT2D eigenvalue weighted by atomic mass is 35.5. The molecule has 1 aliphatic heterocycles. The van der Waals surface area contributed by atoms with Crippen LogP contribution < -0.4 is 5.73 Å². The molecule has 0 saturated heterocycles. The zero-order valence-electron chi connectivity index (χ0n) is 14.5. The Kier molecular flexibility index (Phi) is 4.10. The van der Waals surface area contributed by atoms with Gasteiger partial charge in [-0.1, -0.05) is 42.4 Å². The number of rotatable bonds is 3. The van der Waals surface area contributed by atoms with E-state index in [9.17, 15) is 4.79 Å². The van der Waals surface area contributed by atoms with Gasteiger partial charge >= 0.3 is 0 Å². The number of amides is 1. The molecule has 2 N–H and O–H groups in total. The fourth-order valence-corrected chi connectivity index (χ4v) is 3.65. The topological polar surface area (TPSA) is 70.1 Å². The third-order valence-electron chi connectivity index (χ3n) is 4.87. The van der Waals surface area contributed by atoms with Crippen molar-refractivity contribution >= 4 is 34.0 Å². The van der Waals surface area contributed by atoms with E-state index < -0.39 is 0 Å². The average molecular weight is 374 g/mol. The molecule has 0 bridgehead atoms. The van der Waals surface area contributed by atoms with E-state index >= 15 is 0 Å². The van der Waals surface area contributed by atoms with Gasteiger partial charge in [0.25, 0.3) is 5.91 Å². The molecule has 1 heterocycles. The van der Waals surface area contributed by atoms with Gasteiger partial charge in [0.2, 0.25) is 0 Å². The fourth-order valence-electron chi connectivity index (χ4n) is 3.47. The van der Waals surface area contributed by atoms with Crippen LogP contribution >= 0.6 is 11.6 Å². The summed E-state index contributed by atoms with van der Waals surface area (Å²) in [4.78, 5) is 14.3. The number of anilines is 1. The van der Waals surface area contributed by atoms with Crippen molar-refractivity contribution in [1.29, 1.82) is 5.26 Å². The van der Waals surface area contributed by atoms with Crippen LogP contribution in [0.15, 0.2) is 60.7 Å². The van der Waals surface area contributed by atoms with Crippen molar-refractivity contribution in [2.45, 2.75) is 6.54 Å². The van der Waals surface area contributed by atoms with Crippen molar-refractivity contribution in [3.8, 4) is 17.2 Å². The molecule has 0 saturated carbocycles. The van der Waals surface area contributed by atoms with Crippen molar-refractivity contribution in [1.82, 2.24) is 4.90 Å². The Hall–Kier alpha value is -3.29. The summed E-state index contributed by atoms with van der Waals surface area (Å²) in [5, 5.41) is 11.6. The zero-order valence-corrected chi connectivity index (χ0v) is 15.3. The van der Waals surface area contributed by atoms with E-state index in [0.29, 0.717) is 28.4 Å². The van der Waals surface area contributed by atoms with E-state index in [-0.39, 0.29) is 12.5 Å². The molecule has 4 rings (SSSR count). The number of benzene rings is 3. The normalized spacial score (nSPS) is 12.9. The number of nitrogens with two attached hydrogens (primary N) is 1. The van der Waals surface area contributed by atoms with Gasteiger partial charge in [-0.25, -0.2) is 0 Å². The van der Waals surface area contributed by atoms with Crippen LogP contribution in [0.25, 0.3) is 21.9 Å². The molecule has 1 aliphatic rings. The molecule has 0 radical (unpaired) electrons. The van der Waals surface area contributed by atoms with Crippen LogP contribution in [0.5, 0.6) is 0 Å². The number of fused-ring (bicyclic) bond motifs is 3. The largest absolute Gasteiger partial charge is 0.398 e. The average Bonchev–Trinajstić information content (AvgIpc) is 2.99. The Balaban J connectivity index is 1.80. The van der Waals surface area contributed by atoms with E-state index in [4.69, 9.17) is 22.6 Å². The zero-order chi connectivity index (χ0) is 19.1. The van der Waals surface area contributed by atoms with Crippen LogP contribution in [0.3, 0.4) is 0 Å². The van der Waals surface area contributed by atoms with Crippen molar-refractivity contribution in [3.05, 3.63) is 76.8 Å². The van der Waals surface area contributed by atoms with Gasteiger partial charge in [0, 0.05) is 17.7 Å². The number of nitriles is 1. The van der Waals surface area contributed by atoms with Gasteiger partial charge < -0.3 is 10.6 Å². The molecule has 0 fully saturated rings. The Bertz CT molecular complexity index is 1160. The maximum Gasteiger partial charge on any atom is 0.254 e. The van der Waals surface area contributed by atoms with Crippen molar-refractivity contribution < 1.29 is 4.79 Å². The van der Waals surface area contributed by atoms with E-state index in [2.05, 4.69) is 12.6 Å².